The number of anilines is 1. The largest absolute Gasteiger partial charge is 0.494 e. The van der Waals surface area contributed by atoms with E-state index >= 15 is 0 Å². The standard InChI is InChI=1S/C14H10BrClFNO2/c1-20-13-5-3-9(7-12(13)17)18-14(19)10-6-8(15)2-4-11(10)16/h2-7H,1H3,(H,18,19). The summed E-state index contributed by atoms with van der Waals surface area (Å²) < 4.78 is 19.1. The van der Waals surface area contributed by atoms with Gasteiger partial charge in [0, 0.05) is 16.2 Å². The van der Waals surface area contributed by atoms with E-state index in [4.69, 9.17) is 16.3 Å². The molecule has 20 heavy (non-hydrogen) atoms. The van der Waals surface area contributed by atoms with Gasteiger partial charge >= 0.3 is 0 Å². The fourth-order valence-corrected chi connectivity index (χ4v) is 2.18. The number of carbonyl (C=O) groups excluding carboxylic acids is 1. The molecule has 0 heterocycles. The predicted octanol–water partition coefficient (Wildman–Crippen LogP) is 4.50. The van der Waals surface area contributed by atoms with Gasteiger partial charge in [-0.25, -0.2) is 4.39 Å². The third-order valence-corrected chi connectivity index (χ3v) is 3.41. The smallest absolute Gasteiger partial charge is 0.257 e. The molecule has 2 rings (SSSR count). The Morgan fingerprint density at radius 3 is 2.70 bits per heavy atom. The average Bonchev–Trinajstić information content (AvgIpc) is 2.41. The van der Waals surface area contributed by atoms with Crippen molar-refractivity contribution in [3.63, 3.8) is 0 Å². The molecule has 0 fully saturated rings. The zero-order valence-corrected chi connectivity index (χ0v) is 12.8. The van der Waals surface area contributed by atoms with Gasteiger partial charge in [-0.15, -0.1) is 0 Å². The van der Waals surface area contributed by atoms with E-state index in [9.17, 15) is 9.18 Å². The molecule has 2 aromatic carbocycles. The van der Waals surface area contributed by atoms with E-state index in [1.165, 1.54) is 19.2 Å². The van der Waals surface area contributed by atoms with Crippen LogP contribution in [0.1, 0.15) is 10.4 Å². The van der Waals surface area contributed by atoms with E-state index < -0.39 is 11.7 Å². The topological polar surface area (TPSA) is 38.3 Å². The van der Waals surface area contributed by atoms with Crippen LogP contribution >= 0.6 is 27.5 Å². The number of halogens is 3. The molecule has 0 saturated carbocycles. The molecule has 0 saturated heterocycles. The van der Waals surface area contributed by atoms with Crippen molar-refractivity contribution < 1.29 is 13.9 Å². The first kappa shape index (κ1) is 14.8. The lowest BCUT2D eigenvalue weighted by Crippen LogP contribution is -2.12. The maximum absolute atomic E-state index is 13.5. The molecular formula is C14H10BrClFNO2. The zero-order chi connectivity index (χ0) is 14.7. The lowest BCUT2D eigenvalue weighted by molar-refractivity contribution is 0.102. The Morgan fingerprint density at radius 2 is 2.05 bits per heavy atom. The summed E-state index contributed by atoms with van der Waals surface area (Å²) >= 11 is 9.23. The fourth-order valence-electron chi connectivity index (χ4n) is 1.61. The highest BCUT2D eigenvalue weighted by Crippen LogP contribution is 2.24. The molecular weight excluding hydrogens is 349 g/mol. The molecule has 2 aromatic rings. The molecule has 0 spiro atoms. The lowest BCUT2D eigenvalue weighted by atomic mass is 10.2. The molecule has 0 atom stereocenters. The number of hydrogen-bond donors (Lipinski definition) is 1. The van der Waals surface area contributed by atoms with Crippen LogP contribution < -0.4 is 10.1 Å². The number of ether oxygens (including phenoxy) is 1. The monoisotopic (exact) mass is 357 g/mol. The number of nitrogens with one attached hydrogen (secondary N) is 1. The maximum atomic E-state index is 13.5. The van der Waals surface area contributed by atoms with Crippen LogP contribution in [-0.4, -0.2) is 13.0 Å². The van der Waals surface area contributed by atoms with Crippen LogP contribution in [0.15, 0.2) is 40.9 Å². The first-order valence-electron chi connectivity index (χ1n) is 5.61. The molecule has 6 heteroatoms. The Labute approximate surface area is 128 Å². The number of benzene rings is 2. The van der Waals surface area contributed by atoms with Crippen molar-refractivity contribution in [3.05, 3.63) is 57.3 Å². The van der Waals surface area contributed by atoms with E-state index in [-0.39, 0.29) is 5.75 Å². The molecule has 0 aliphatic carbocycles. The van der Waals surface area contributed by atoms with Gasteiger partial charge in [0.1, 0.15) is 0 Å². The quantitative estimate of drug-likeness (QED) is 0.877. The Bertz CT molecular complexity index is 664. The first-order chi connectivity index (χ1) is 9.51. The van der Waals surface area contributed by atoms with Crippen LogP contribution in [0.25, 0.3) is 0 Å². The second-order valence-electron chi connectivity index (χ2n) is 3.93. The molecule has 3 nitrogen and oxygen atoms in total. The molecule has 0 radical (unpaired) electrons. The summed E-state index contributed by atoms with van der Waals surface area (Å²) in [7, 11) is 1.37. The first-order valence-corrected chi connectivity index (χ1v) is 6.78. The second-order valence-corrected chi connectivity index (χ2v) is 5.25. The van der Waals surface area contributed by atoms with E-state index in [1.54, 1.807) is 24.3 Å². The molecule has 104 valence electrons. The van der Waals surface area contributed by atoms with Gasteiger partial charge in [-0.1, -0.05) is 27.5 Å². The number of rotatable bonds is 3. The molecule has 0 unspecified atom stereocenters. The number of hydrogen-bond acceptors (Lipinski definition) is 2. The fraction of sp³-hybridized carbons (Fsp3) is 0.0714. The minimum Gasteiger partial charge on any atom is -0.494 e. The van der Waals surface area contributed by atoms with Gasteiger partial charge in [-0.3, -0.25) is 4.79 Å². The summed E-state index contributed by atoms with van der Waals surface area (Å²) in [6, 6.07) is 9.10. The van der Waals surface area contributed by atoms with E-state index in [0.717, 1.165) is 4.47 Å². The number of methoxy groups -OCH3 is 1. The van der Waals surface area contributed by atoms with E-state index in [2.05, 4.69) is 21.2 Å². The van der Waals surface area contributed by atoms with Gasteiger partial charge in [0.2, 0.25) is 0 Å². The van der Waals surface area contributed by atoms with E-state index in [0.29, 0.717) is 16.3 Å². The van der Waals surface area contributed by atoms with Crippen molar-refractivity contribution in [2.45, 2.75) is 0 Å². The molecule has 1 N–H and O–H groups in total. The predicted molar refractivity (Wildman–Crippen MR) is 80.1 cm³/mol. The summed E-state index contributed by atoms with van der Waals surface area (Å²) in [5.41, 5.74) is 0.626. The highest BCUT2D eigenvalue weighted by atomic mass is 79.9. The van der Waals surface area contributed by atoms with Gasteiger partial charge in [0.15, 0.2) is 11.6 Å². The molecule has 0 aliphatic heterocycles. The molecule has 0 aromatic heterocycles. The van der Waals surface area contributed by atoms with Crippen molar-refractivity contribution >= 4 is 39.1 Å². The van der Waals surface area contributed by atoms with Gasteiger partial charge in [-0.2, -0.15) is 0 Å². The van der Waals surface area contributed by atoms with Gasteiger partial charge in [-0.05, 0) is 30.3 Å². The van der Waals surface area contributed by atoms with Crippen molar-refractivity contribution in [3.8, 4) is 5.75 Å². The number of amides is 1. The summed E-state index contributed by atoms with van der Waals surface area (Å²) in [5.74, 6) is -0.852. The van der Waals surface area contributed by atoms with Crippen molar-refractivity contribution in [1.29, 1.82) is 0 Å². The van der Waals surface area contributed by atoms with Crippen molar-refractivity contribution in [1.82, 2.24) is 0 Å². The number of carbonyl (C=O) groups is 1. The normalized spacial score (nSPS) is 10.2. The van der Waals surface area contributed by atoms with Gasteiger partial charge in [0.05, 0.1) is 17.7 Å². The highest BCUT2D eigenvalue weighted by molar-refractivity contribution is 9.10. The Hall–Kier alpha value is -1.59. The minimum absolute atomic E-state index is 0.114. The van der Waals surface area contributed by atoms with Crippen LogP contribution in [0.5, 0.6) is 5.75 Å². The Morgan fingerprint density at radius 1 is 1.30 bits per heavy atom. The molecule has 0 bridgehead atoms. The van der Waals surface area contributed by atoms with Crippen LogP contribution in [0, 0.1) is 5.82 Å². The summed E-state index contributed by atoms with van der Waals surface area (Å²) in [5, 5.41) is 2.90. The lowest BCUT2D eigenvalue weighted by Gasteiger charge is -2.08. The Kier molecular flexibility index (Phi) is 4.62. The van der Waals surface area contributed by atoms with Crippen LogP contribution in [0.2, 0.25) is 5.02 Å². The maximum Gasteiger partial charge on any atom is 0.257 e. The van der Waals surface area contributed by atoms with Crippen LogP contribution in [0.4, 0.5) is 10.1 Å². The molecule has 0 aliphatic rings. The third-order valence-electron chi connectivity index (χ3n) is 2.58. The zero-order valence-electron chi connectivity index (χ0n) is 10.4. The SMILES string of the molecule is COc1ccc(NC(=O)c2cc(Br)ccc2Cl)cc1F. The average molecular weight is 359 g/mol. The minimum atomic E-state index is -0.550. The molecule has 1 amide bonds. The van der Waals surface area contributed by atoms with Gasteiger partial charge in [0.25, 0.3) is 5.91 Å². The van der Waals surface area contributed by atoms with Crippen molar-refractivity contribution in [2.75, 3.05) is 12.4 Å². The van der Waals surface area contributed by atoms with Crippen LogP contribution in [0.3, 0.4) is 0 Å². The van der Waals surface area contributed by atoms with Crippen molar-refractivity contribution in [2.24, 2.45) is 0 Å². The Balaban J connectivity index is 2.23. The summed E-state index contributed by atoms with van der Waals surface area (Å²) in [6.07, 6.45) is 0. The van der Waals surface area contributed by atoms with Crippen LogP contribution in [-0.2, 0) is 0 Å². The van der Waals surface area contributed by atoms with E-state index in [1.807, 2.05) is 0 Å². The highest BCUT2D eigenvalue weighted by Gasteiger charge is 2.12. The third kappa shape index (κ3) is 3.29. The summed E-state index contributed by atoms with van der Waals surface area (Å²) in [6.45, 7) is 0. The summed E-state index contributed by atoms with van der Waals surface area (Å²) in [4.78, 5) is 12.1. The van der Waals surface area contributed by atoms with Gasteiger partial charge < -0.3 is 10.1 Å². The second kappa shape index (κ2) is 6.24.